The van der Waals surface area contributed by atoms with Crippen molar-refractivity contribution >= 4 is 28.8 Å². The Morgan fingerprint density at radius 2 is 2.20 bits per heavy atom. The molecule has 2 aromatic rings. The molecule has 2 aliphatic rings. The van der Waals surface area contributed by atoms with Crippen LogP contribution in [0.25, 0.3) is 0 Å². The smallest absolute Gasteiger partial charge is 0.265 e. The molecule has 1 atom stereocenters. The van der Waals surface area contributed by atoms with Crippen molar-refractivity contribution in [1.82, 2.24) is 15.1 Å². The summed E-state index contributed by atoms with van der Waals surface area (Å²) in [7, 11) is 0. The summed E-state index contributed by atoms with van der Waals surface area (Å²) >= 11 is 1.59. The van der Waals surface area contributed by atoms with Crippen LogP contribution in [0.15, 0.2) is 18.5 Å². The molecule has 1 saturated carbocycles. The van der Waals surface area contributed by atoms with Gasteiger partial charge in [-0.1, -0.05) is 6.92 Å². The second kappa shape index (κ2) is 6.63. The van der Waals surface area contributed by atoms with Gasteiger partial charge in [0.15, 0.2) is 0 Å². The molecule has 25 heavy (non-hydrogen) atoms. The standard InChI is InChI=1S/C18H22N4O2S/c1-11-2-5-15-12(6-11)7-16(25-15)18(24)21-14-8-19-22(9-14)10-17(23)20-13-3-4-13/h7-9,11,13H,2-6,10H2,1H3,(H,20,23)(H,21,24)/t11-/m0/s1. The normalized spacial score (nSPS) is 19.3. The van der Waals surface area contributed by atoms with Crippen LogP contribution in [0.2, 0.25) is 0 Å². The molecule has 4 rings (SSSR count). The second-order valence-electron chi connectivity index (χ2n) is 7.13. The van der Waals surface area contributed by atoms with Crippen LogP contribution < -0.4 is 10.6 Å². The molecule has 132 valence electrons. The lowest BCUT2D eigenvalue weighted by Crippen LogP contribution is -2.29. The van der Waals surface area contributed by atoms with Crippen LogP contribution in [-0.4, -0.2) is 27.6 Å². The van der Waals surface area contributed by atoms with Crippen LogP contribution >= 0.6 is 11.3 Å². The molecule has 2 heterocycles. The number of thiophene rings is 1. The van der Waals surface area contributed by atoms with Crippen LogP contribution in [0.1, 0.15) is 46.3 Å². The first-order valence-corrected chi connectivity index (χ1v) is 9.63. The van der Waals surface area contributed by atoms with Crippen molar-refractivity contribution in [3.8, 4) is 0 Å². The predicted octanol–water partition coefficient (Wildman–Crippen LogP) is 2.60. The van der Waals surface area contributed by atoms with E-state index >= 15 is 0 Å². The highest BCUT2D eigenvalue weighted by Crippen LogP contribution is 2.32. The zero-order chi connectivity index (χ0) is 17.4. The van der Waals surface area contributed by atoms with Gasteiger partial charge in [-0.05, 0) is 49.7 Å². The molecular weight excluding hydrogens is 336 g/mol. The molecule has 2 aromatic heterocycles. The molecule has 6 nitrogen and oxygen atoms in total. The van der Waals surface area contributed by atoms with Crippen LogP contribution in [0, 0.1) is 5.92 Å². The Bertz CT molecular complexity index is 806. The Morgan fingerprint density at radius 3 is 3.00 bits per heavy atom. The minimum Gasteiger partial charge on any atom is -0.352 e. The van der Waals surface area contributed by atoms with E-state index in [1.54, 1.807) is 28.4 Å². The minimum atomic E-state index is -0.103. The molecule has 0 bridgehead atoms. The summed E-state index contributed by atoms with van der Waals surface area (Å²) in [5.41, 5.74) is 1.94. The van der Waals surface area contributed by atoms with Gasteiger partial charge in [0.05, 0.1) is 16.8 Å². The van der Waals surface area contributed by atoms with Gasteiger partial charge >= 0.3 is 0 Å². The fourth-order valence-corrected chi connectivity index (χ4v) is 4.28. The second-order valence-corrected chi connectivity index (χ2v) is 8.27. The van der Waals surface area contributed by atoms with E-state index in [2.05, 4.69) is 22.7 Å². The number of carbonyl (C=O) groups excluding carboxylic acids is 2. The Kier molecular flexibility index (Phi) is 4.33. The first-order chi connectivity index (χ1) is 12.1. The molecule has 0 unspecified atom stereocenters. The van der Waals surface area contributed by atoms with Crippen LogP contribution in [0.4, 0.5) is 5.69 Å². The SMILES string of the molecule is C[C@H]1CCc2sc(C(=O)Nc3cnn(CC(=O)NC4CC4)c3)cc2C1. The fraction of sp³-hybridized carbons (Fsp3) is 0.500. The van der Waals surface area contributed by atoms with Crippen molar-refractivity contribution in [2.45, 2.75) is 51.6 Å². The number of nitrogens with one attached hydrogen (secondary N) is 2. The number of fused-ring (bicyclic) bond motifs is 1. The van der Waals surface area contributed by atoms with E-state index < -0.39 is 0 Å². The van der Waals surface area contributed by atoms with Gasteiger partial charge < -0.3 is 10.6 Å². The number of nitrogens with zero attached hydrogens (tertiary/aromatic N) is 2. The fourth-order valence-electron chi connectivity index (χ4n) is 3.17. The van der Waals surface area contributed by atoms with Crippen LogP contribution in [0.3, 0.4) is 0 Å². The highest BCUT2D eigenvalue weighted by molar-refractivity contribution is 7.14. The molecule has 2 amide bonds. The molecule has 0 spiro atoms. The lowest BCUT2D eigenvalue weighted by molar-refractivity contribution is -0.122. The zero-order valence-corrected chi connectivity index (χ0v) is 15.1. The topological polar surface area (TPSA) is 76.0 Å². The summed E-state index contributed by atoms with van der Waals surface area (Å²) in [6.07, 6.45) is 8.74. The predicted molar refractivity (Wildman–Crippen MR) is 96.9 cm³/mol. The first-order valence-electron chi connectivity index (χ1n) is 8.81. The number of hydrogen-bond donors (Lipinski definition) is 2. The number of anilines is 1. The Balaban J connectivity index is 1.37. The third-order valence-electron chi connectivity index (χ3n) is 4.69. The average molecular weight is 358 g/mol. The third kappa shape index (κ3) is 3.92. The lowest BCUT2D eigenvalue weighted by Gasteiger charge is -2.16. The number of carbonyl (C=O) groups is 2. The van der Waals surface area contributed by atoms with Gasteiger partial charge in [0, 0.05) is 17.1 Å². The molecule has 2 aliphatic carbocycles. The van der Waals surface area contributed by atoms with Gasteiger partial charge in [0.2, 0.25) is 5.91 Å². The van der Waals surface area contributed by atoms with Gasteiger partial charge in [0.25, 0.3) is 5.91 Å². The molecule has 0 radical (unpaired) electrons. The van der Waals surface area contributed by atoms with E-state index in [9.17, 15) is 9.59 Å². The summed E-state index contributed by atoms with van der Waals surface area (Å²) < 4.78 is 1.55. The van der Waals surface area contributed by atoms with Crippen molar-refractivity contribution in [3.63, 3.8) is 0 Å². The number of amides is 2. The maximum atomic E-state index is 12.5. The third-order valence-corrected chi connectivity index (χ3v) is 5.93. The van der Waals surface area contributed by atoms with Crippen molar-refractivity contribution in [2.24, 2.45) is 5.92 Å². The first kappa shape index (κ1) is 16.3. The van der Waals surface area contributed by atoms with E-state index in [1.807, 2.05) is 6.07 Å². The summed E-state index contributed by atoms with van der Waals surface area (Å²) in [4.78, 5) is 26.4. The summed E-state index contributed by atoms with van der Waals surface area (Å²) in [5, 5.41) is 9.96. The summed E-state index contributed by atoms with van der Waals surface area (Å²) in [6, 6.07) is 2.37. The molecular formula is C18H22N4O2S. The van der Waals surface area contributed by atoms with Crippen molar-refractivity contribution in [3.05, 3.63) is 33.8 Å². The van der Waals surface area contributed by atoms with E-state index in [0.29, 0.717) is 17.6 Å². The van der Waals surface area contributed by atoms with Crippen molar-refractivity contribution in [2.75, 3.05) is 5.32 Å². The van der Waals surface area contributed by atoms with Crippen molar-refractivity contribution in [1.29, 1.82) is 0 Å². The van der Waals surface area contributed by atoms with Gasteiger partial charge in [-0.15, -0.1) is 11.3 Å². The van der Waals surface area contributed by atoms with E-state index in [-0.39, 0.29) is 18.4 Å². The quantitative estimate of drug-likeness (QED) is 0.863. The molecule has 0 aromatic carbocycles. The zero-order valence-electron chi connectivity index (χ0n) is 14.2. The van der Waals surface area contributed by atoms with Crippen molar-refractivity contribution < 1.29 is 9.59 Å². The van der Waals surface area contributed by atoms with E-state index in [1.165, 1.54) is 16.9 Å². The molecule has 7 heteroatoms. The highest BCUT2D eigenvalue weighted by Gasteiger charge is 2.23. The monoisotopic (exact) mass is 358 g/mol. The van der Waals surface area contributed by atoms with Crippen LogP contribution in [0.5, 0.6) is 0 Å². The number of aromatic nitrogens is 2. The van der Waals surface area contributed by atoms with Gasteiger partial charge in [0.1, 0.15) is 6.54 Å². The number of aryl methyl sites for hydroxylation is 1. The Morgan fingerprint density at radius 1 is 1.36 bits per heavy atom. The maximum absolute atomic E-state index is 12.5. The minimum absolute atomic E-state index is 0.0384. The Hall–Kier alpha value is -2.15. The van der Waals surface area contributed by atoms with Gasteiger partial charge in [-0.2, -0.15) is 5.10 Å². The van der Waals surface area contributed by atoms with Crippen LogP contribution in [-0.2, 0) is 24.2 Å². The Labute approximate surface area is 150 Å². The van der Waals surface area contributed by atoms with Gasteiger partial charge in [-0.3, -0.25) is 14.3 Å². The summed E-state index contributed by atoms with van der Waals surface area (Å²) in [5.74, 6) is 0.551. The largest absolute Gasteiger partial charge is 0.352 e. The highest BCUT2D eigenvalue weighted by atomic mass is 32.1. The van der Waals surface area contributed by atoms with Gasteiger partial charge in [-0.25, -0.2) is 0 Å². The number of hydrogen-bond acceptors (Lipinski definition) is 4. The average Bonchev–Trinajstić information content (AvgIpc) is 3.10. The number of rotatable bonds is 5. The van der Waals surface area contributed by atoms with E-state index in [4.69, 9.17) is 0 Å². The lowest BCUT2D eigenvalue weighted by atomic mass is 9.90. The molecule has 0 saturated heterocycles. The molecule has 2 N–H and O–H groups in total. The molecule has 0 aliphatic heterocycles. The summed E-state index contributed by atoms with van der Waals surface area (Å²) in [6.45, 7) is 2.44. The maximum Gasteiger partial charge on any atom is 0.265 e. The molecule has 1 fully saturated rings. The van der Waals surface area contributed by atoms with E-state index in [0.717, 1.165) is 30.6 Å².